The van der Waals surface area contributed by atoms with E-state index in [-0.39, 0.29) is 5.97 Å². The van der Waals surface area contributed by atoms with Gasteiger partial charge >= 0.3 is 5.97 Å². The molecule has 19 heavy (non-hydrogen) atoms. The molecule has 1 saturated carbocycles. The van der Waals surface area contributed by atoms with Crippen molar-refractivity contribution >= 4 is 5.97 Å². The number of esters is 1. The van der Waals surface area contributed by atoms with Gasteiger partial charge in [-0.25, -0.2) is 0 Å². The highest BCUT2D eigenvalue weighted by Gasteiger charge is 2.41. The van der Waals surface area contributed by atoms with E-state index < -0.39 is 0 Å². The average Bonchev–Trinajstić information content (AvgIpc) is 2.91. The van der Waals surface area contributed by atoms with Crippen molar-refractivity contribution in [3.63, 3.8) is 0 Å². The lowest BCUT2D eigenvalue weighted by Crippen LogP contribution is -2.11. The molecule has 0 amide bonds. The molecule has 0 bridgehead atoms. The molecule has 0 spiro atoms. The van der Waals surface area contributed by atoms with Gasteiger partial charge in [0.2, 0.25) is 0 Å². The second kappa shape index (κ2) is 4.26. The number of ether oxygens (including phenoxy) is 2. The normalized spacial score (nSPS) is 23.8. The van der Waals surface area contributed by atoms with Gasteiger partial charge in [-0.05, 0) is 56.7 Å². The fraction of sp³-hybridized carbons (Fsp3) is 0.562. The summed E-state index contributed by atoms with van der Waals surface area (Å²) in [5.41, 5.74) is 4.50. The van der Waals surface area contributed by atoms with E-state index in [4.69, 9.17) is 9.47 Å². The molecule has 3 nitrogen and oxygen atoms in total. The fourth-order valence-electron chi connectivity index (χ4n) is 3.56. The van der Waals surface area contributed by atoms with Crippen LogP contribution in [0.5, 0.6) is 11.5 Å². The van der Waals surface area contributed by atoms with Crippen molar-refractivity contribution in [2.75, 3.05) is 0 Å². The zero-order valence-electron chi connectivity index (χ0n) is 12.0. The molecule has 1 fully saturated rings. The Morgan fingerprint density at radius 1 is 1.16 bits per heavy atom. The van der Waals surface area contributed by atoms with Crippen LogP contribution in [-0.4, -0.2) is 12.1 Å². The molecule has 3 heteroatoms. The van der Waals surface area contributed by atoms with Crippen LogP contribution in [0.25, 0.3) is 0 Å². The first kappa shape index (κ1) is 12.5. The van der Waals surface area contributed by atoms with Crippen LogP contribution in [0.3, 0.4) is 0 Å². The minimum absolute atomic E-state index is 0.257. The van der Waals surface area contributed by atoms with E-state index in [9.17, 15) is 4.79 Å². The second-order valence-corrected chi connectivity index (χ2v) is 5.73. The van der Waals surface area contributed by atoms with E-state index in [2.05, 4.69) is 6.92 Å². The molecular weight excluding hydrogens is 240 g/mol. The Kier molecular flexibility index (Phi) is 2.80. The molecule has 0 radical (unpaired) electrons. The number of carbonyl (C=O) groups is 1. The Hall–Kier alpha value is -1.51. The summed E-state index contributed by atoms with van der Waals surface area (Å²) in [7, 11) is 0. The summed E-state index contributed by atoms with van der Waals surface area (Å²) in [6.45, 7) is 7.56. The van der Waals surface area contributed by atoms with Gasteiger partial charge in [0.15, 0.2) is 0 Å². The highest BCUT2D eigenvalue weighted by Crippen LogP contribution is 2.52. The molecule has 0 aromatic heterocycles. The topological polar surface area (TPSA) is 35.5 Å². The molecule has 1 heterocycles. The Morgan fingerprint density at radius 2 is 1.89 bits per heavy atom. The predicted molar refractivity (Wildman–Crippen MR) is 73.0 cm³/mol. The van der Waals surface area contributed by atoms with Crippen LogP contribution in [0, 0.1) is 20.8 Å². The smallest absolute Gasteiger partial charge is 0.308 e. The lowest BCUT2D eigenvalue weighted by Gasteiger charge is -2.17. The van der Waals surface area contributed by atoms with Gasteiger partial charge in [0.1, 0.15) is 17.6 Å². The van der Waals surface area contributed by atoms with E-state index in [0.717, 1.165) is 34.6 Å². The summed E-state index contributed by atoms with van der Waals surface area (Å²) in [4.78, 5) is 11.3. The standard InChI is InChI=1S/C16H20O3/c1-8-9(2)16-14(10(3)15(8)18-11(4)17)12-6-5-7-13(12)19-16/h12-13H,5-7H2,1-4H3/t12-,13+/m0/s1. The first-order valence-electron chi connectivity index (χ1n) is 6.99. The highest BCUT2D eigenvalue weighted by atomic mass is 16.5. The minimum Gasteiger partial charge on any atom is -0.489 e. The number of rotatable bonds is 1. The molecule has 3 rings (SSSR count). The number of benzene rings is 1. The van der Waals surface area contributed by atoms with Gasteiger partial charge in [-0.2, -0.15) is 0 Å². The van der Waals surface area contributed by atoms with Gasteiger partial charge in [0.25, 0.3) is 0 Å². The van der Waals surface area contributed by atoms with Crippen LogP contribution in [0.15, 0.2) is 0 Å². The first-order chi connectivity index (χ1) is 9.00. The second-order valence-electron chi connectivity index (χ2n) is 5.73. The first-order valence-corrected chi connectivity index (χ1v) is 6.99. The molecule has 0 N–H and O–H groups in total. The summed E-state index contributed by atoms with van der Waals surface area (Å²) in [6, 6.07) is 0. The van der Waals surface area contributed by atoms with E-state index in [1.54, 1.807) is 0 Å². The van der Waals surface area contributed by atoms with Gasteiger partial charge in [0, 0.05) is 18.4 Å². The van der Waals surface area contributed by atoms with Crippen molar-refractivity contribution in [3.05, 3.63) is 22.3 Å². The van der Waals surface area contributed by atoms with Crippen LogP contribution < -0.4 is 9.47 Å². The zero-order chi connectivity index (χ0) is 13.7. The van der Waals surface area contributed by atoms with Crippen molar-refractivity contribution in [1.82, 2.24) is 0 Å². The Labute approximate surface area is 113 Å². The molecule has 2 atom stereocenters. The molecule has 1 aromatic rings. The van der Waals surface area contributed by atoms with E-state index in [1.807, 2.05) is 13.8 Å². The molecule has 0 saturated heterocycles. The molecule has 1 aliphatic heterocycles. The number of fused-ring (bicyclic) bond motifs is 3. The zero-order valence-corrected chi connectivity index (χ0v) is 12.0. The number of hydrogen-bond acceptors (Lipinski definition) is 3. The van der Waals surface area contributed by atoms with Crippen LogP contribution in [0.4, 0.5) is 0 Å². The van der Waals surface area contributed by atoms with Crippen molar-refractivity contribution in [3.8, 4) is 11.5 Å². The summed E-state index contributed by atoms with van der Waals surface area (Å²) in [5, 5.41) is 0. The van der Waals surface area contributed by atoms with E-state index >= 15 is 0 Å². The quantitative estimate of drug-likeness (QED) is 0.572. The summed E-state index contributed by atoms with van der Waals surface area (Å²) < 4.78 is 11.6. The fourth-order valence-corrected chi connectivity index (χ4v) is 3.56. The maximum atomic E-state index is 11.3. The third kappa shape index (κ3) is 1.75. The number of hydrogen-bond donors (Lipinski definition) is 0. The molecule has 2 aliphatic rings. The van der Waals surface area contributed by atoms with Gasteiger partial charge in [-0.1, -0.05) is 0 Å². The molecular formula is C16H20O3. The molecule has 102 valence electrons. The van der Waals surface area contributed by atoms with Crippen molar-refractivity contribution in [2.24, 2.45) is 0 Å². The van der Waals surface area contributed by atoms with Gasteiger partial charge < -0.3 is 9.47 Å². The van der Waals surface area contributed by atoms with E-state index in [1.165, 1.54) is 25.3 Å². The third-order valence-corrected chi connectivity index (χ3v) is 4.57. The van der Waals surface area contributed by atoms with Crippen molar-refractivity contribution in [2.45, 2.75) is 59.0 Å². The van der Waals surface area contributed by atoms with Gasteiger partial charge in [-0.15, -0.1) is 0 Å². The SMILES string of the molecule is CC(=O)Oc1c(C)c(C)c2c(c1C)[C@H]1CCC[C@H]1O2. The minimum atomic E-state index is -0.257. The summed E-state index contributed by atoms with van der Waals surface area (Å²) in [6.07, 6.45) is 3.88. The average molecular weight is 260 g/mol. The van der Waals surface area contributed by atoms with Crippen LogP contribution in [-0.2, 0) is 4.79 Å². The molecule has 0 unspecified atom stereocenters. The summed E-state index contributed by atoms with van der Waals surface area (Å²) in [5.74, 6) is 2.01. The highest BCUT2D eigenvalue weighted by molar-refractivity contribution is 5.72. The van der Waals surface area contributed by atoms with Gasteiger partial charge in [-0.3, -0.25) is 4.79 Å². The van der Waals surface area contributed by atoms with Crippen molar-refractivity contribution in [1.29, 1.82) is 0 Å². The Morgan fingerprint density at radius 3 is 2.58 bits per heavy atom. The van der Waals surface area contributed by atoms with Gasteiger partial charge in [0.05, 0.1) is 0 Å². The maximum Gasteiger partial charge on any atom is 0.308 e. The Bertz CT molecular complexity index is 560. The largest absolute Gasteiger partial charge is 0.489 e. The number of carbonyl (C=O) groups excluding carboxylic acids is 1. The van der Waals surface area contributed by atoms with Crippen molar-refractivity contribution < 1.29 is 14.3 Å². The van der Waals surface area contributed by atoms with E-state index in [0.29, 0.717) is 12.0 Å². The van der Waals surface area contributed by atoms with Crippen LogP contribution in [0.1, 0.15) is 54.4 Å². The Balaban J connectivity index is 2.18. The summed E-state index contributed by atoms with van der Waals surface area (Å²) >= 11 is 0. The molecule has 1 aromatic carbocycles. The van der Waals surface area contributed by atoms with Crippen LogP contribution in [0.2, 0.25) is 0 Å². The van der Waals surface area contributed by atoms with Crippen LogP contribution >= 0.6 is 0 Å². The third-order valence-electron chi connectivity index (χ3n) is 4.57. The predicted octanol–water partition coefficient (Wildman–Crippen LogP) is 3.57. The maximum absolute atomic E-state index is 11.3. The lowest BCUT2D eigenvalue weighted by atomic mass is 9.89. The molecule has 1 aliphatic carbocycles. The lowest BCUT2D eigenvalue weighted by molar-refractivity contribution is -0.131. The monoisotopic (exact) mass is 260 g/mol.